The number of hydrogen-bond acceptors (Lipinski definition) is 2. The Morgan fingerprint density at radius 3 is 2.48 bits per heavy atom. The minimum absolute atomic E-state index is 0.0691. The molecular formula is C14H16F3IN2O. The summed E-state index contributed by atoms with van der Waals surface area (Å²) in [6, 6.07) is 7.38. The SMILES string of the molecule is O=C(CN1CCC(C(F)(F)F)CC1)Nc1ccccc1I. The number of nitrogens with zero attached hydrogens (tertiary/aromatic N) is 1. The fraction of sp³-hybridized carbons (Fsp3) is 0.500. The van der Waals surface area contributed by atoms with Crippen LogP contribution in [0.15, 0.2) is 24.3 Å². The first-order valence-electron chi connectivity index (χ1n) is 6.69. The van der Waals surface area contributed by atoms with Crippen LogP contribution in [0.2, 0.25) is 0 Å². The third-order valence-corrected chi connectivity index (χ3v) is 4.51. The number of carbonyl (C=O) groups excluding carboxylic acids is 1. The number of amides is 1. The van der Waals surface area contributed by atoms with E-state index in [4.69, 9.17) is 0 Å². The molecule has 1 aromatic rings. The van der Waals surface area contributed by atoms with E-state index in [0.717, 1.165) is 9.26 Å². The van der Waals surface area contributed by atoms with Gasteiger partial charge in [-0.2, -0.15) is 13.2 Å². The van der Waals surface area contributed by atoms with Crippen molar-refractivity contribution in [2.24, 2.45) is 5.92 Å². The molecular weight excluding hydrogens is 396 g/mol. The topological polar surface area (TPSA) is 32.3 Å². The highest BCUT2D eigenvalue weighted by Gasteiger charge is 2.41. The van der Waals surface area contributed by atoms with E-state index < -0.39 is 12.1 Å². The number of likely N-dealkylation sites (tertiary alicyclic amines) is 1. The van der Waals surface area contributed by atoms with Gasteiger partial charge in [0.15, 0.2) is 0 Å². The van der Waals surface area contributed by atoms with Crippen LogP contribution in [0.3, 0.4) is 0 Å². The summed E-state index contributed by atoms with van der Waals surface area (Å²) >= 11 is 2.12. The van der Waals surface area contributed by atoms with E-state index in [1.165, 1.54) is 0 Å². The molecule has 0 radical (unpaired) electrons. The van der Waals surface area contributed by atoms with Crippen LogP contribution >= 0.6 is 22.6 Å². The lowest BCUT2D eigenvalue weighted by Crippen LogP contribution is -2.42. The van der Waals surface area contributed by atoms with Gasteiger partial charge in [-0.15, -0.1) is 0 Å². The van der Waals surface area contributed by atoms with Crippen LogP contribution in [-0.2, 0) is 4.79 Å². The quantitative estimate of drug-likeness (QED) is 0.772. The second-order valence-electron chi connectivity index (χ2n) is 5.12. The molecule has 116 valence electrons. The van der Waals surface area contributed by atoms with E-state index >= 15 is 0 Å². The average Bonchev–Trinajstić information content (AvgIpc) is 2.41. The molecule has 3 nitrogen and oxygen atoms in total. The van der Waals surface area contributed by atoms with Crippen LogP contribution in [0, 0.1) is 9.49 Å². The highest BCUT2D eigenvalue weighted by molar-refractivity contribution is 14.1. The van der Waals surface area contributed by atoms with Gasteiger partial charge in [0.25, 0.3) is 0 Å². The van der Waals surface area contributed by atoms with Crippen molar-refractivity contribution < 1.29 is 18.0 Å². The number of halogens is 4. The Labute approximate surface area is 135 Å². The monoisotopic (exact) mass is 412 g/mol. The number of rotatable bonds is 3. The summed E-state index contributed by atoms with van der Waals surface area (Å²) in [6.45, 7) is 0.752. The van der Waals surface area contributed by atoms with Gasteiger partial charge in [0.05, 0.1) is 18.2 Å². The number of benzene rings is 1. The number of para-hydroxylation sites is 1. The molecule has 0 bridgehead atoms. The molecule has 1 N–H and O–H groups in total. The van der Waals surface area contributed by atoms with E-state index in [9.17, 15) is 18.0 Å². The van der Waals surface area contributed by atoms with E-state index in [2.05, 4.69) is 27.9 Å². The predicted octanol–water partition coefficient (Wildman–Crippen LogP) is 3.50. The summed E-state index contributed by atoms with van der Waals surface area (Å²) in [6.07, 6.45) is -3.98. The summed E-state index contributed by atoms with van der Waals surface area (Å²) in [4.78, 5) is 13.7. The maximum absolute atomic E-state index is 12.6. The van der Waals surface area contributed by atoms with Crippen molar-refractivity contribution in [3.05, 3.63) is 27.8 Å². The van der Waals surface area contributed by atoms with Crippen LogP contribution in [-0.4, -0.2) is 36.6 Å². The molecule has 7 heteroatoms. The Hall–Kier alpha value is -0.830. The number of anilines is 1. The molecule has 0 saturated carbocycles. The number of piperidine rings is 1. The Kier molecular flexibility index (Phi) is 5.48. The summed E-state index contributed by atoms with van der Waals surface area (Å²) in [7, 11) is 0. The van der Waals surface area contributed by atoms with E-state index in [-0.39, 0.29) is 25.3 Å². The molecule has 21 heavy (non-hydrogen) atoms. The molecule has 1 fully saturated rings. The molecule has 0 unspecified atom stereocenters. The molecule has 0 atom stereocenters. The molecule has 0 aliphatic carbocycles. The summed E-state index contributed by atoms with van der Waals surface area (Å²) in [5, 5.41) is 2.79. The van der Waals surface area contributed by atoms with Crippen molar-refractivity contribution in [2.75, 3.05) is 25.0 Å². The van der Waals surface area contributed by atoms with E-state index in [1.807, 2.05) is 18.2 Å². The molecule has 1 saturated heterocycles. The van der Waals surface area contributed by atoms with Gasteiger partial charge >= 0.3 is 6.18 Å². The van der Waals surface area contributed by atoms with Crippen molar-refractivity contribution in [1.82, 2.24) is 4.90 Å². The standard InChI is InChI=1S/C14H16F3IN2O/c15-14(16,17)10-5-7-20(8-6-10)9-13(21)19-12-4-2-1-3-11(12)18/h1-4,10H,5-9H2,(H,19,21). The van der Waals surface area contributed by atoms with Crippen LogP contribution in [0.25, 0.3) is 0 Å². The second-order valence-corrected chi connectivity index (χ2v) is 6.28. The molecule has 1 amide bonds. The average molecular weight is 412 g/mol. The molecule has 1 aliphatic rings. The first kappa shape index (κ1) is 16.5. The Balaban J connectivity index is 1.81. The minimum Gasteiger partial charge on any atom is -0.324 e. The van der Waals surface area contributed by atoms with Crippen molar-refractivity contribution >= 4 is 34.2 Å². The predicted molar refractivity (Wildman–Crippen MR) is 83.0 cm³/mol. The number of nitrogens with one attached hydrogen (secondary N) is 1. The third-order valence-electron chi connectivity index (χ3n) is 3.57. The Morgan fingerprint density at radius 1 is 1.29 bits per heavy atom. The molecule has 2 rings (SSSR count). The summed E-state index contributed by atoms with van der Waals surface area (Å²) < 4.78 is 38.6. The van der Waals surface area contributed by atoms with Crippen molar-refractivity contribution in [3.8, 4) is 0 Å². The molecule has 1 heterocycles. The van der Waals surface area contributed by atoms with Gasteiger partial charge in [0, 0.05) is 3.57 Å². The fourth-order valence-corrected chi connectivity index (χ4v) is 2.90. The Morgan fingerprint density at radius 2 is 1.90 bits per heavy atom. The smallest absolute Gasteiger partial charge is 0.324 e. The van der Waals surface area contributed by atoms with Crippen molar-refractivity contribution in [3.63, 3.8) is 0 Å². The van der Waals surface area contributed by atoms with E-state index in [0.29, 0.717) is 13.1 Å². The van der Waals surface area contributed by atoms with Gasteiger partial charge in [0.1, 0.15) is 0 Å². The van der Waals surface area contributed by atoms with Gasteiger partial charge in [-0.1, -0.05) is 12.1 Å². The normalized spacial score (nSPS) is 17.7. The zero-order chi connectivity index (χ0) is 15.5. The number of alkyl halides is 3. The minimum atomic E-state index is -4.12. The van der Waals surface area contributed by atoms with Gasteiger partial charge in [0.2, 0.25) is 5.91 Å². The maximum atomic E-state index is 12.6. The zero-order valence-corrected chi connectivity index (χ0v) is 13.4. The van der Waals surface area contributed by atoms with Crippen molar-refractivity contribution in [2.45, 2.75) is 19.0 Å². The zero-order valence-electron chi connectivity index (χ0n) is 11.3. The lowest BCUT2D eigenvalue weighted by atomic mass is 9.96. The summed E-state index contributed by atoms with van der Waals surface area (Å²) in [5.74, 6) is -1.42. The first-order chi connectivity index (χ1) is 9.86. The van der Waals surface area contributed by atoms with Crippen LogP contribution < -0.4 is 5.32 Å². The molecule has 1 aromatic carbocycles. The molecule has 0 aromatic heterocycles. The summed E-state index contributed by atoms with van der Waals surface area (Å²) in [5.41, 5.74) is 0.730. The van der Waals surface area contributed by atoms with Gasteiger partial charge < -0.3 is 5.32 Å². The maximum Gasteiger partial charge on any atom is 0.391 e. The first-order valence-corrected chi connectivity index (χ1v) is 7.77. The van der Waals surface area contributed by atoms with Gasteiger partial charge in [-0.3, -0.25) is 9.69 Å². The number of carbonyl (C=O) groups is 1. The molecule has 0 spiro atoms. The van der Waals surface area contributed by atoms with Crippen molar-refractivity contribution in [1.29, 1.82) is 0 Å². The highest BCUT2D eigenvalue weighted by atomic mass is 127. The fourth-order valence-electron chi connectivity index (χ4n) is 2.37. The Bertz CT molecular complexity index is 499. The van der Waals surface area contributed by atoms with Crippen LogP contribution in [0.5, 0.6) is 0 Å². The number of hydrogen-bond donors (Lipinski definition) is 1. The molecule has 1 aliphatic heterocycles. The van der Waals surface area contributed by atoms with Crippen LogP contribution in [0.1, 0.15) is 12.8 Å². The lowest BCUT2D eigenvalue weighted by Gasteiger charge is -2.32. The second kappa shape index (κ2) is 6.95. The highest BCUT2D eigenvalue weighted by Crippen LogP contribution is 2.33. The van der Waals surface area contributed by atoms with Gasteiger partial charge in [-0.05, 0) is 60.7 Å². The van der Waals surface area contributed by atoms with Crippen LogP contribution in [0.4, 0.5) is 18.9 Å². The largest absolute Gasteiger partial charge is 0.391 e. The lowest BCUT2D eigenvalue weighted by molar-refractivity contribution is -0.184. The van der Waals surface area contributed by atoms with Gasteiger partial charge in [-0.25, -0.2) is 0 Å². The third kappa shape index (κ3) is 4.84. The van der Waals surface area contributed by atoms with E-state index in [1.54, 1.807) is 11.0 Å².